The number of carbonyl (C=O) groups excluding carboxylic acids is 1. The highest BCUT2D eigenvalue weighted by Crippen LogP contribution is 2.19. The Labute approximate surface area is 119 Å². The van der Waals surface area contributed by atoms with E-state index in [1.54, 1.807) is 13.8 Å². The van der Waals surface area contributed by atoms with Crippen molar-refractivity contribution in [3.63, 3.8) is 0 Å². The van der Waals surface area contributed by atoms with E-state index >= 15 is 0 Å². The van der Waals surface area contributed by atoms with Gasteiger partial charge in [0.25, 0.3) is 0 Å². The van der Waals surface area contributed by atoms with E-state index in [0.29, 0.717) is 12.0 Å². The van der Waals surface area contributed by atoms with Crippen molar-refractivity contribution in [1.29, 1.82) is 0 Å². The lowest BCUT2D eigenvalue weighted by Gasteiger charge is -2.12. The Morgan fingerprint density at radius 3 is 2.65 bits per heavy atom. The number of nitrogens with two attached hydrogens (primary N) is 1. The third-order valence-electron chi connectivity index (χ3n) is 2.87. The number of esters is 1. The molecule has 0 bridgehead atoms. The molecule has 1 rings (SSSR count). The van der Waals surface area contributed by atoms with Crippen molar-refractivity contribution in [2.75, 3.05) is 13.7 Å². The van der Waals surface area contributed by atoms with Crippen LogP contribution in [0.4, 0.5) is 0 Å². The first-order chi connectivity index (χ1) is 9.29. The summed E-state index contributed by atoms with van der Waals surface area (Å²) >= 11 is 0. The number of methoxy groups -OCH3 is 1. The summed E-state index contributed by atoms with van der Waals surface area (Å²) in [4.78, 5) is 11.6. The summed E-state index contributed by atoms with van der Waals surface area (Å²) in [5, 5.41) is 0. The first-order valence-electron chi connectivity index (χ1n) is 6.22. The van der Waals surface area contributed by atoms with Crippen molar-refractivity contribution in [3.05, 3.63) is 29.3 Å². The van der Waals surface area contributed by atoms with Crippen molar-refractivity contribution >= 4 is 16.0 Å². The van der Waals surface area contributed by atoms with Crippen LogP contribution in [0.5, 0.6) is 0 Å². The van der Waals surface area contributed by atoms with Crippen LogP contribution in [-0.2, 0) is 14.8 Å². The largest absolute Gasteiger partial charge is 0.465 e. The highest BCUT2D eigenvalue weighted by Gasteiger charge is 2.20. The van der Waals surface area contributed by atoms with Crippen LogP contribution in [0.25, 0.3) is 0 Å². The summed E-state index contributed by atoms with van der Waals surface area (Å²) in [7, 11) is -2.41. The lowest BCUT2D eigenvalue weighted by molar-refractivity contribution is 0.0599. The van der Waals surface area contributed by atoms with Crippen molar-refractivity contribution in [2.45, 2.75) is 31.2 Å². The maximum atomic E-state index is 12.2. The summed E-state index contributed by atoms with van der Waals surface area (Å²) in [5.41, 5.74) is 6.18. The van der Waals surface area contributed by atoms with E-state index in [9.17, 15) is 13.2 Å². The standard InChI is InChI=1S/C13H20N2O4S/c1-9(14)7-8-15-20(17,18)12-6-4-5-11(10(12)2)13(16)19-3/h4-6,9,15H,7-8,14H2,1-3H3. The number of benzene rings is 1. The van der Waals surface area contributed by atoms with Crippen LogP contribution in [0.1, 0.15) is 29.3 Å². The average molecular weight is 300 g/mol. The molecule has 1 aromatic rings. The van der Waals surface area contributed by atoms with Gasteiger partial charge in [-0.15, -0.1) is 0 Å². The number of hydrogen-bond donors (Lipinski definition) is 2. The Morgan fingerprint density at radius 2 is 2.10 bits per heavy atom. The normalized spacial score (nSPS) is 13.0. The third-order valence-corrected chi connectivity index (χ3v) is 4.48. The second-order valence-electron chi connectivity index (χ2n) is 4.58. The number of rotatable bonds is 6. The second-order valence-corrected chi connectivity index (χ2v) is 6.32. The lowest BCUT2D eigenvalue weighted by atomic mass is 10.1. The second kappa shape index (κ2) is 6.83. The zero-order valence-electron chi connectivity index (χ0n) is 11.8. The zero-order chi connectivity index (χ0) is 15.3. The maximum Gasteiger partial charge on any atom is 0.338 e. The Morgan fingerprint density at radius 1 is 1.45 bits per heavy atom. The van der Waals surface area contributed by atoms with E-state index in [1.807, 2.05) is 0 Å². The molecule has 1 unspecified atom stereocenters. The minimum absolute atomic E-state index is 0.0741. The van der Waals surface area contributed by atoms with Crippen molar-refractivity contribution in [2.24, 2.45) is 5.73 Å². The highest BCUT2D eigenvalue weighted by atomic mass is 32.2. The molecule has 3 N–H and O–H groups in total. The Kier molecular flexibility index (Phi) is 5.67. The molecule has 0 saturated carbocycles. The van der Waals surface area contributed by atoms with Gasteiger partial charge in [-0.3, -0.25) is 0 Å². The predicted octanol–water partition coefficient (Wildman–Crippen LogP) is 0.797. The SMILES string of the molecule is COC(=O)c1cccc(S(=O)(=O)NCCC(C)N)c1C. The Hall–Kier alpha value is -1.44. The number of nitrogens with one attached hydrogen (secondary N) is 1. The molecule has 0 spiro atoms. The minimum atomic E-state index is -3.66. The molecule has 0 aliphatic rings. The molecule has 0 aliphatic heterocycles. The number of sulfonamides is 1. The molecular weight excluding hydrogens is 280 g/mol. The van der Waals surface area contributed by atoms with Crippen LogP contribution >= 0.6 is 0 Å². The monoisotopic (exact) mass is 300 g/mol. The molecule has 0 heterocycles. The molecule has 20 heavy (non-hydrogen) atoms. The summed E-state index contributed by atoms with van der Waals surface area (Å²) < 4.78 is 31.5. The maximum absolute atomic E-state index is 12.2. The van der Waals surface area contributed by atoms with Gasteiger partial charge in [0.1, 0.15) is 0 Å². The van der Waals surface area contributed by atoms with Gasteiger partial charge in [-0.1, -0.05) is 6.07 Å². The molecule has 7 heteroatoms. The fourth-order valence-corrected chi connectivity index (χ4v) is 3.05. The summed E-state index contributed by atoms with van der Waals surface area (Å²) in [6.07, 6.45) is 0.537. The van der Waals surface area contributed by atoms with E-state index in [2.05, 4.69) is 9.46 Å². The smallest absolute Gasteiger partial charge is 0.338 e. The molecule has 0 aromatic heterocycles. The number of hydrogen-bond acceptors (Lipinski definition) is 5. The van der Waals surface area contributed by atoms with Gasteiger partial charge < -0.3 is 10.5 Å². The fourth-order valence-electron chi connectivity index (χ4n) is 1.74. The van der Waals surface area contributed by atoms with Gasteiger partial charge in [0.2, 0.25) is 10.0 Å². The fraction of sp³-hybridized carbons (Fsp3) is 0.462. The number of ether oxygens (including phenoxy) is 1. The van der Waals surface area contributed by atoms with Gasteiger partial charge in [-0.2, -0.15) is 0 Å². The van der Waals surface area contributed by atoms with Crippen LogP contribution in [-0.4, -0.2) is 34.1 Å². The van der Waals surface area contributed by atoms with Crippen LogP contribution < -0.4 is 10.5 Å². The van der Waals surface area contributed by atoms with Crippen molar-refractivity contribution in [1.82, 2.24) is 4.72 Å². The van der Waals surface area contributed by atoms with E-state index in [1.165, 1.54) is 25.3 Å². The summed E-state index contributed by atoms with van der Waals surface area (Å²) in [6, 6.07) is 4.41. The van der Waals surface area contributed by atoms with Gasteiger partial charge >= 0.3 is 5.97 Å². The van der Waals surface area contributed by atoms with Crippen molar-refractivity contribution in [3.8, 4) is 0 Å². The average Bonchev–Trinajstić information content (AvgIpc) is 2.37. The van der Waals surface area contributed by atoms with Crippen LogP contribution in [0.2, 0.25) is 0 Å². The number of carbonyl (C=O) groups is 1. The van der Waals surface area contributed by atoms with Crippen LogP contribution in [0.3, 0.4) is 0 Å². The van der Waals surface area contributed by atoms with Gasteiger partial charge in [0.05, 0.1) is 17.6 Å². The third kappa shape index (κ3) is 4.03. The van der Waals surface area contributed by atoms with Gasteiger partial charge in [0, 0.05) is 12.6 Å². The Balaban J connectivity index is 3.04. The highest BCUT2D eigenvalue weighted by molar-refractivity contribution is 7.89. The van der Waals surface area contributed by atoms with Crippen LogP contribution in [0.15, 0.2) is 23.1 Å². The van der Waals surface area contributed by atoms with E-state index in [0.717, 1.165) is 0 Å². The molecule has 1 atom stereocenters. The summed E-state index contributed by atoms with van der Waals surface area (Å²) in [6.45, 7) is 3.63. The molecule has 0 amide bonds. The molecule has 112 valence electrons. The van der Waals surface area contributed by atoms with Gasteiger partial charge in [-0.25, -0.2) is 17.9 Å². The molecule has 6 nitrogen and oxygen atoms in total. The zero-order valence-corrected chi connectivity index (χ0v) is 12.7. The first kappa shape index (κ1) is 16.6. The molecule has 0 radical (unpaired) electrons. The summed E-state index contributed by atoms with van der Waals surface area (Å²) in [5.74, 6) is -0.560. The molecule has 1 aromatic carbocycles. The first-order valence-corrected chi connectivity index (χ1v) is 7.71. The molecule has 0 fully saturated rings. The van der Waals surface area contributed by atoms with E-state index in [4.69, 9.17) is 5.73 Å². The van der Waals surface area contributed by atoms with E-state index in [-0.39, 0.29) is 23.0 Å². The molecule has 0 aliphatic carbocycles. The minimum Gasteiger partial charge on any atom is -0.465 e. The van der Waals surface area contributed by atoms with Gasteiger partial charge in [-0.05, 0) is 38.0 Å². The topological polar surface area (TPSA) is 98.5 Å². The van der Waals surface area contributed by atoms with E-state index < -0.39 is 16.0 Å². The molecule has 0 saturated heterocycles. The predicted molar refractivity (Wildman–Crippen MR) is 76.0 cm³/mol. The molecular formula is C13H20N2O4S. The van der Waals surface area contributed by atoms with Crippen LogP contribution in [0, 0.1) is 6.92 Å². The quantitative estimate of drug-likeness (QED) is 0.757. The lowest BCUT2D eigenvalue weighted by Crippen LogP contribution is -2.29. The van der Waals surface area contributed by atoms with Gasteiger partial charge in [0.15, 0.2) is 0 Å². The Bertz CT molecular complexity index is 582. The van der Waals surface area contributed by atoms with Crippen molar-refractivity contribution < 1.29 is 17.9 Å².